The zero-order chi connectivity index (χ0) is 23.4. The number of hydrogen-bond donors (Lipinski definition) is 0. The molecule has 0 aliphatic heterocycles. The largest absolute Gasteiger partial charge is 0.493 e. The number of methoxy groups -OCH3 is 2. The van der Waals surface area contributed by atoms with Crippen LogP contribution in [-0.4, -0.2) is 40.1 Å². The van der Waals surface area contributed by atoms with Crippen molar-refractivity contribution in [1.82, 2.24) is 19.9 Å². The van der Waals surface area contributed by atoms with E-state index in [-0.39, 0.29) is 24.1 Å². The molecule has 0 aliphatic rings. The Hall–Kier alpha value is -4.14. The molecule has 4 rings (SSSR count). The summed E-state index contributed by atoms with van der Waals surface area (Å²) in [5.41, 5.74) is 2.26. The maximum Gasteiger partial charge on any atom is 0.360 e. The van der Waals surface area contributed by atoms with Gasteiger partial charge in [0, 0.05) is 17.7 Å². The average Bonchev–Trinajstić information content (AvgIpc) is 3.50. The minimum Gasteiger partial charge on any atom is -0.493 e. The van der Waals surface area contributed by atoms with Gasteiger partial charge in [0.15, 0.2) is 29.6 Å². The summed E-state index contributed by atoms with van der Waals surface area (Å²) in [5.74, 6) is 1.39. The Balaban J connectivity index is 1.68. The summed E-state index contributed by atoms with van der Waals surface area (Å²) >= 11 is 0. The van der Waals surface area contributed by atoms with Crippen LogP contribution in [0.4, 0.5) is 0 Å². The second-order valence-electron chi connectivity index (χ2n) is 7.52. The van der Waals surface area contributed by atoms with E-state index < -0.39 is 5.97 Å². The first-order valence-corrected chi connectivity index (χ1v) is 10.4. The van der Waals surface area contributed by atoms with E-state index in [9.17, 15) is 4.79 Å². The molecule has 0 aliphatic carbocycles. The SMILES string of the molecule is COc1ccc(-c2cn(-c3ccccc3)nc2C(=O)OCc2nc(C(C)C)no2)cc1OC. The number of nitrogens with zero attached hydrogens (tertiary/aromatic N) is 4. The molecular weight excluding hydrogens is 424 g/mol. The van der Waals surface area contributed by atoms with E-state index >= 15 is 0 Å². The summed E-state index contributed by atoms with van der Waals surface area (Å²) in [6, 6.07) is 14.9. The van der Waals surface area contributed by atoms with Crippen LogP contribution in [-0.2, 0) is 11.3 Å². The molecule has 0 amide bonds. The zero-order valence-corrected chi connectivity index (χ0v) is 18.8. The molecule has 2 aromatic heterocycles. The third-order valence-corrected chi connectivity index (χ3v) is 4.95. The molecule has 0 N–H and O–H groups in total. The van der Waals surface area contributed by atoms with Crippen molar-refractivity contribution in [2.45, 2.75) is 26.4 Å². The van der Waals surface area contributed by atoms with E-state index in [1.807, 2.05) is 50.2 Å². The van der Waals surface area contributed by atoms with Crippen LogP contribution in [0.5, 0.6) is 11.5 Å². The van der Waals surface area contributed by atoms with E-state index in [4.69, 9.17) is 18.7 Å². The molecule has 0 radical (unpaired) electrons. The van der Waals surface area contributed by atoms with Gasteiger partial charge in [-0.25, -0.2) is 9.48 Å². The summed E-state index contributed by atoms with van der Waals surface area (Å²) in [6.07, 6.45) is 1.77. The summed E-state index contributed by atoms with van der Waals surface area (Å²) < 4.78 is 23.0. The molecule has 0 bridgehead atoms. The fraction of sp³-hybridized carbons (Fsp3) is 0.250. The number of aromatic nitrogens is 4. The smallest absolute Gasteiger partial charge is 0.360 e. The highest BCUT2D eigenvalue weighted by atomic mass is 16.6. The topological polar surface area (TPSA) is 102 Å². The number of rotatable bonds is 8. The Morgan fingerprint density at radius 1 is 1.06 bits per heavy atom. The van der Waals surface area contributed by atoms with Gasteiger partial charge in [0.2, 0.25) is 0 Å². The lowest BCUT2D eigenvalue weighted by atomic mass is 10.1. The van der Waals surface area contributed by atoms with Crippen molar-refractivity contribution >= 4 is 5.97 Å². The van der Waals surface area contributed by atoms with Crippen LogP contribution in [0.15, 0.2) is 59.3 Å². The minimum atomic E-state index is -0.612. The number of carbonyl (C=O) groups is 1. The van der Waals surface area contributed by atoms with Crippen LogP contribution in [0.25, 0.3) is 16.8 Å². The summed E-state index contributed by atoms with van der Waals surface area (Å²) in [7, 11) is 3.12. The molecule has 4 aromatic rings. The van der Waals surface area contributed by atoms with Crippen molar-refractivity contribution in [3.63, 3.8) is 0 Å². The summed E-state index contributed by atoms with van der Waals surface area (Å²) in [4.78, 5) is 17.3. The molecule has 0 saturated heterocycles. The van der Waals surface area contributed by atoms with Gasteiger partial charge in [-0.05, 0) is 29.8 Å². The number of benzene rings is 2. The molecule has 170 valence electrons. The van der Waals surface area contributed by atoms with Gasteiger partial charge in [0.05, 0.1) is 19.9 Å². The average molecular weight is 448 g/mol. The lowest BCUT2D eigenvalue weighted by Crippen LogP contribution is -2.08. The highest BCUT2D eigenvalue weighted by Gasteiger charge is 2.22. The van der Waals surface area contributed by atoms with Gasteiger partial charge < -0.3 is 18.7 Å². The van der Waals surface area contributed by atoms with E-state index in [0.717, 1.165) is 11.3 Å². The molecule has 2 aromatic carbocycles. The number of ether oxygens (including phenoxy) is 3. The van der Waals surface area contributed by atoms with Gasteiger partial charge in [0.25, 0.3) is 5.89 Å². The summed E-state index contributed by atoms with van der Waals surface area (Å²) in [5, 5.41) is 8.39. The molecule has 33 heavy (non-hydrogen) atoms. The van der Waals surface area contributed by atoms with Crippen molar-refractivity contribution in [3.05, 3.63) is 72.1 Å². The summed E-state index contributed by atoms with van der Waals surface area (Å²) in [6.45, 7) is 3.75. The van der Waals surface area contributed by atoms with E-state index in [1.165, 1.54) is 0 Å². The second-order valence-corrected chi connectivity index (χ2v) is 7.52. The van der Waals surface area contributed by atoms with E-state index in [1.54, 1.807) is 37.2 Å². The monoisotopic (exact) mass is 448 g/mol. The van der Waals surface area contributed by atoms with Crippen LogP contribution < -0.4 is 9.47 Å². The third kappa shape index (κ3) is 4.72. The fourth-order valence-electron chi connectivity index (χ4n) is 3.21. The van der Waals surface area contributed by atoms with Crippen LogP contribution in [0.1, 0.15) is 42.0 Å². The van der Waals surface area contributed by atoms with Crippen molar-refractivity contribution in [1.29, 1.82) is 0 Å². The molecule has 9 heteroatoms. The molecule has 2 heterocycles. The quantitative estimate of drug-likeness (QED) is 0.365. The first-order valence-electron chi connectivity index (χ1n) is 10.4. The molecule has 0 fully saturated rings. The second kappa shape index (κ2) is 9.56. The van der Waals surface area contributed by atoms with Crippen molar-refractivity contribution in [2.75, 3.05) is 14.2 Å². The Bertz CT molecular complexity index is 1250. The number of para-hydroxylation sites is 1. The highest BCUT2D eigenvalue weighted by Crippen LogP contribution is 2.34. The van der Waals surface area contributed by atoms with Gasteiger partial charge in [-0.3, -0.25) is 0 Å². The van der Waals surface area contributed by atoms with Crippen molar-refractivity contribution in [2.24, 2.45) is 0 Å². The minimum absolute atomic E-state index is 0.108. The number of esters is 1. The molecular formula is C24H24N4O5. The Morgan fingerprint density at radius 2 is 1.82 bits per heavy atom. The van der Waals surface area contributed by atoms with Gasteiger partial charge in [0.1, 0.15) is 0 Å². The molecule has 0 spiro atoms. The molecule has 9 nitrogen and oxygen atoms in total. The maximum absolute atomic E-state index is 13.0. The first-order chi connectivity index (χ1) is 16.0. The Kier molecular flexibility index (Phi) is 6.39. The van der Waals surface area contributed by atoms with Crippen molar-refractivity contribution in [3.8, 4) is 28.3 Å². The van der Waals surface area contributed by atoms with Gasteiger partial charge >= 0.3 is 5.97 Å². The fourth-order valence-corrected chi connectivity index (χ4v) is 3.21. The molecule has 0 atom stereocenters. The van der Waals surface area contributed by atoms with Crippen molar-refractivity contribution < 1.29 is 23.5 Å². The standard InChI is InChI=1S/C24H24N4O5/c1-15(2)23-25-21(33-27-23)14-32-24(29)22-18(13-28(26-22)17-8-6-5-7-9-17)16-10-11-19(30-3)20(12-16)31-4/h5-13,15H,14H2,1-4H3. The number of carbonyl (C=O) groups excluding carboxylic acids is 1. The van der Waals surface area contributed by atoms with E-state index in [2.05, 4.69) is 15.2 Å². The predicted octanol–water partition coefficient (Wildman–Crippen LogP) is 4.42. The van der Waals surface area contributed by atoms with Crippen LogP contribution >= 0.6 is 0 Å². The first kappa shape index (κ1) is 22.1. The predicted molar refractivity (Wildman–Crippen MR) is 120 cm³/mol. The Morgan fingerprint density at radius 3 is 2.48 bits per heavy atom. The normalized spacial score (nSPS) is 10.9. The van der Waals surface area contributed by atoms with Gasteiger partial charge in [-0.2, -0.15) is 10.1 Å². The lowest BCUT2D eigenvalue weighted by Gasteiger charge is -2.09. The van der Waals surface area contributed by atoms with Crippen LogP contribution in [0.3, 0.4) is 0 Å². The van der Waals surface area contributed by atoms with Crippen LogP contribution in [0, 0.1) is 0 Å². The van der Waals surface area contributed by atoms with Crippen LogP contribution in [0.2, 0.25) is 0 Å². The maximum atomic E-state index is 13.0. The highest BCUT2D eigenvalue weighted by molar-refractivity contribution is 5.95. The molecule has 0 saturated carbocycles. The lowest BCUT2D eigenvalue weighted by molar-refractivity contribution is 0.0423. The Labute approximate surface area is 190 Å². The van der Waals surface area contributed by atoms with Gasteiger partial charge in [-0.15, -0.1) is 0 Å². The van der Waals surface area contributed by atoms with Gasteiger partial charge in [-0.1, -0.05) is 43.3 Å². The zero-order valence-electron chi connectivity index (χ0n) is 18.8. The number of hydrogen-bond acceptors (Lipinski definition) is 8. The van der Waals surface area contributed by atoms with E-state index in [0.29, 0.717) is 22.9 Å². The molecule has 0 unspecified atom stereocenters. The third-order valence-electron chi connectivity index (χ3n) is 4.95.